The van der Waals surface area contributed by atoms with Crippen LogP contribution in [0.5, 0.6) is 0 Å². The Morgan fingerprint density at radius 2 is 1.52 bits per heavy atom. The third kappa shape index (κ3) is 2.92. The van der Waals surface area contributed by atoms with Crippen molar-refractivity contribution < 1.29 is 4.42 Å². The van der Waals surface area contributed by atoms with Crippen molar-refractivity contribution in [3.8, 4) is 22.8 Å². The van der Waals surface area contributed by atoms with Crippen LogP contribution in [0.3, 0.4) is 0 Å². The minimum Gasteiger partial charge on any atom is -0.437 e. The van der Waals surface area contributed by atoms with Gasteiger partial charge >= 0.3 is 0 Å². The van der Waals surface area contributed by atoms with Gasteiger partial charge in [-0.3, -0.25) is 0 Å². The molecule has 33 heavy (non-hydrogen) atoms. The van der Waals surface area contributed by atoms with E-state index in [0.717, 1.165) is 21.9 Å². The van der Waals surface area contributed by atoms with Crippen LogP contribution < -0.4 is 0 Å². The van der Waals surface area contributed by atoms with E-state index >= 15 is 0 Å². The minimum atomic E-state index is 0.136. The molecule has 0 atom stereocenters. The van der Waals surface area contributed by atoms with Gasteiger partial charge in [0.2, 0.25) is 11.0 Å². The summed E-state index contributed by atoms with van der Waals surface area (Å²) in [5.41, 5.74) is 2.89. The van der Waals surface area contributed by atoms with Gasteiger partial charge in [0.25, 0.3) is 0 Å². The van der Waals surface area contributed by atoms with Gasteiger partial charge in [0.15, 0.2) is 11.6 Å². The van der Waals surface area contributed by atoms with Crippen molar-refractivity contribution in [3.63, 3.8) is 0 Å². The second kappa shape index (κ2) is 7.07. The predicted molar refractivity (Wildman–Crippen MR) is 134 cm³/mol. The first-order chi connectivity index (χ1) is 16.2. The molecule has 0 aliphatic carbocycles. The van der Waals surface area contributed by atoms with E-state index in [1.165, 1.54) is 20.2 Å². The zero-order valence-corrected chi connectivity index (χ0v) is 18.6. The van der Waals surface area contributed by atoms with Crippen LogP contribution in [0.25, 0.3) is 65.0 Å². The molecule has 0 amide bonds. The zero-order chi connectivity index (χ0) is 21.9. The first kappa shape index (κ1) is 18.7. The molecule has 0 radical (unpaired) electrons. The summed E-state index contributed by atoms with van der Waals surface area (Å²) in [5, 5.41) is 4.44. The molecule has 0 aliphatic rings. The second-order valence-corrected chi connectivity index (χ2v) is 9.12. The number of aromatic nitrogens is 4. The van der Waals surface area contributed by atoms with Gasteiger partial charge in [-0.25, -0.2) is 9.97 Å². The molecule has 0 unspecified atom stereocenters. The standard InChI is InChI=1S/C26H13ClN4OS/c27-26-30-23(14-10-11-21-19(13-14)15-5-1-2-9-20(15)33-21)29-24(31-26)18-7-3-6-16-17-8-4-12-28-25(17)32-22(16)18/h1-13H. The quantitative estimate of drug-likeness (QED) is 0.264. The number of rotatable bonds is 2. The van der Waals surface area contributed by atoms with E-state index in [1.54, 1.807) is 17.5 Å². The Morgan fingerprint density at radius 3 is 2.48 bits per heavy atom. The van der Waals surface area contributed by atoms with Gasteiger partial charge in [-0.2, -0.15) is 9.97 Å². The number of hydrogen-bond donors (Lipinski definition) is 0. The molecule has 0 N–H and O–H groups in total. The van der Waals surface area contributed by atoms with Gasteiger partial charge in [-0.05, 0) is 54.1 Å². The number of halogens is 1. The highest BCUT2D eigenvalue weighted by atomic mass is 35.5. The molecule has 156 valence electrons. The molecule has 0 aliphatic heterocycles. The maximum Gasteiger partial charge on any atom is 0.227 e. The van der Waals surface area contributed by atoms with Crippen LogP contribution in [0, 0.1) is 0 Å². The van der Waals surface area contributed by atoms with E-state index in [1.807, 2.05) is 36.4 Å². The van der Waals surface area contributed by atoms with Crippen LogP contribution in [-0.4, -0.2) is 19.9 Å². The highest BCUT2D eigenvalue weighted by Crippen LogP contribution is 2.37. The van der Waals surface area contributed by atoms with Crippen molar-refractivity contribution in [1.29, 1.82) is 0 Å². The van der Waals surface area contributed by atoms with Gasteiger partial charge in [0, 0.05) is 42.7 Å². The van der Waals surface area contributed by atoms with Crippen molar-refractivity contribution in [2.75, 3.05) is 0 Å². The van der Waals surface area contributed by atoms with Gasteiger partial charge in [0.05, 0.1) is 5.56 Å². The third-order valence-corrected chi connectivity index (χ3v) is 7.08. The Balaban J connectivity index is 1.44. The summed E-state index contributed by atoms with van der Waals surface area (Å²) in [4.78, 5) is 18.0. The number of hydrogen-bond acceptors (Lipinski definition) is 6. The van der Waals surface area contributed by atoms with Crippen LogP contribution in [0.2, 0.25) is 5.28 Å². The van der Waals surface area contributed by atoms with Gasteiger partial charge in [0.1, 0.15) is 5.58 Å². The molecule has 0 spiro atoms. The molecule has 5 nitrogen and oxygen atoms in total. The summed E-state index contributed by atoms with van der Waals surface area (Å²) in [5.74, 6) is 0.985. The normalized spacial score (nSPS) is 11.8. The third-order valence-electron chi connectivity index (χ3n) is 5.76. The van der Waals surface area contributed by atoms with E-state index < -0.39 is 0 Å². The lowest BCUT2D eigenvalue weighted by atomic mass is 10.1. The fourth-order valence-corrected chi connectivity index (χ4v) is 5.52. The molecular formula is C26H13ClN4OS. The zero-order valence-electron chi connectivity index (χ0n) is 17.0. The van der Waals surface area contributed by atoms with Crippen molar-refractivity contribution in [1.82, 2.24) is 19.9 Å². The van der Waals surface area contributed by atoms with Gasteiger partial charge < -0.3 is 4.42 Å². The van der Waals surface area contributed by atoms with Crippen LogP contribution >= 0.6 is 22.9 Å². The van der Waals surface area contributed by atoms with Crippen LogP contribution in [0.1, 0.15) is 0 Å². The largest absolute Gasteiger partial charge is 0.437 e. The Labute approximate surface area is 196 Å². The average Bonchev–Trinajstić information content (AvgIpc) is 3.41. The highest BCUT2D eigenvalue weighted by Gasteiger charge is 2.17. The lowest BCUT2D eigenvalue weighted by Gasteiger charge is -2.06. The molecule has 4 heterocycles. The van der Waals surface area contributed by atoms with E-state index in [4.69, 9.17) is 21.0 Å². The van der Waals surface area contributed by atoms with Gasteiger partial charge in [-0.1, -0.05) is 30.3 Å². The number of nitrogens with zero attached hydrogens (tertiary/aromatic N) is 4. The molecule has 7 heteroatoms. The first-order valence-corrected chi connectivity index (χ1v) is 11.5. The van der Waals surface area contributed by atoms with Gasteiger partial charge in [-0.15, -0.1) is 11.3 Å². The van der Waals surface area contributed by atoms with Crippen LogP contribution in [0.4, 0.5) is 0 Å². The molecule has 0 saturated heterocycles. The maximum absolute atomic E-state index is 6.37. The van der Waals surface area contributed by atoms with E-state index in [0.29, 0.717) is 22.9 Å². The maximum atomic E-state index is 6.37. The monoisotopic (exact) mass is 464 g/mol. The number of para-hydroxylation sites is 1. The molecule has 3 aromatic carbocycles. The smallest absolute Gasteiger partial charge is 0.227 e. The predicted octanol–water partition coefficient (Wildman–Crippen LogP) is 7.52. The summed E-state index contributed by atoms with van der Waals surface area (Å²) in [6.07, 6.45) is 1.71. The summed E-state index contributed by atoms with van der Waals surface area (Å²) >= 11 is 8.14. The number of thiophene rings is 1. The average molecular weight is 465 g/mol. The van der Waals surface area contributed by atoms with Crippen molar-refractivity contribution in [2.45, 2.75) is 0 Å². The molecule has 7 aromatic rings. The summed E-state index contributed by atoms with van der Waals surface area (Å²) in [6.45, 7) is 0. The first-order valence-electron chi connectivity index (χ1n) is 10.3. The molecular weight excluding hydrogens is 452 g/mol. The van der Waals surface area contributed by atoms with Crippen molar-refractivity contribution in [2.24, 2.45) is 0 Å². The van der Waals surface area contributed by atoms with Crippen molar-refractivity contribution >= 4 is 65.2 Å². The van der Waals surface area contributed by atoms with E-state index in [-0.39, 0.29) is 5.28 Å². The fourth-order valence-electron chi connectivity index (χ4n) is 4.27. The topological polar surface area (TPSA) is 64.7 Å². The highest BCUT2D eigenvalue weighted by molar-refractivity contribution is 7.25. The van der Waals surface area contributed by atoms with Crippen LogP contribution in [0.15, 0.2) is 83.4 Å². The number of furan rings is 1. The number of benzene rings is 3. The molecule has 4 aromatic heterocycles. The van der Waals surface area contributed by atoms with E-state index in [2.05, 4.69) is 51.4 Å². The lowest BCUT2D eigenvalue weighted by molar-refractivity contribution is 0.654. The molecule has 0 saturated carbocycles. The Morgan fingerprint density at radius 1 is 0.697 bits per heavy atom. The lowest BCUT2D eigenvalue weighted by Crippen LogP contribution is -1.97. The molecule has 7 rings (SSSR count). The molecule has 0 bridgehead atoms. The summed E-state index contributed by atoms with van der Waals surface area (Å²) < 4.78 is 8.54. The fraction of sp³-hybridized carbons (Fsp3) is 0. The minimum absolute atomic E-state index is 0.136. The van der Waals surface area contributed by atoms with E-state index in [9.17, 15) is 0 Å². The Hall–Kier alpha value is -3.87. The number of pyridine rings is 1. The molecule has 0 fully saturated rings. The summed E-state index contributed by atoms with van der Waals surface area (Å²) in [6, 6.07) is 24.4. The second-order valence-electron chi connectivity index (χ2n) is 7.70. The van der Waals surface area contributed by atoms with Crippen LogP contribution in [-0.2, 0) is 0 Å². The number of fused-ring (bicyclic) bond motifs is 6. The van der Waals surface area contributed by atoms with Crippen molar-refractivity contribution in [3.05, 3.63) is 84.3 Å². The Kier molecular flexibility index (Phi) is 4.00. The summed E-state index contributed by atoms with van der Waals surface area (Å²) in [7, 11) is 0. The Bertz CT molecular complexity index is 1860. The SMILES string of the molecule is Clc1nc(-c2ccc3sc4ccccc4c3c2)nc(-c2cccc3c2oc2ncccc23)n1.